The Morgan fingerprint density at radius 3 is 2.76 bits per heavy atom. The highest BCUT2D eigenvalue weighted by Gasteiger charge is 2.29. The summed E-state index contributed by atoms with van der Waals surface area (Å²) in [6.07, 6.45) is 9.64. The predicted molar refractivity (Wildman–Crippen MR) is 75.0 cm³/mol. The molecule has 1 aromatic carbocycles. The zero-order valence-electron chi connectivity index (χ0n) is 10.9. The molecular formula is C16H21N. The molecule has 1 aliphatic carbocycles. The van der Waals surface area contributed by atoms with Crippen molar-refractivity contribution in [1.29, 1.82) is 0 Å². The first-order valence-corrected chi connectivity index (χ1v) is 6.24. The lowest BCUT2D eigenvalue weighted by Crippen LogP contribution is -2.27. The van der Waals surface area contributed by atoms with Crippen molar-refractivity contribution in [2.24, 2.45) is 5.92 Å². The molecule has 1 aromatic rings. The number of benzene rings is 1. The summed E-state index contributed by atoms with van der Waals surface area (Å²) in [5.74, 6) is 0.491. The summed E-state index contributed by atoms with van der Waals surface area (Å²) in [6.45, 7) is 6.86. The van der Waals surface area contributed by atoms with Crippen LogP contribution in [0.25, 0.3) is 0 Å². The quantitative estimate of drug-likeness (QED) is 0.669. The minimum absolute atomic E-state index is 0.118. The fourth-order valence-electron chi connectivity index (χ4n) is 2.42. The van der Waals surface area contributed by atoms with E-state index in [1.54, 1.807) is 0 Å². The Morgan fingerprint density at radius 2 is 2.00 bits per heavy atom. The van der Waals surface area contributed by atoms with Gasteiger partial charge in [-0.05, 0) is 34.9 Å². The molecule has 1 aliphatic rings. The van der Waals surface area contributed by atoms with Gasteiger partial charge in [-0.1, -0.05) is 57.2 Å². The maximum absolute atomic E-state index is 6.13. The third-order valence-corrected chi connectivity index (χ3v) is 4.01. The largest absolute Gasteiger partial charge is 0.398 e. The Bertz CT molecular complexity index is 466. The number of hydrogen-bond acceptors (Lipinski definition) is 1. The van der Waals surface area contributed by atoms with Crippen molar-refractivity contribution < 1.29 is 0 Å². The van der Waals surface area contributed by atoms with Crippen molar-refractivity contribution in [2.75, 3.05) is 5.73 Å². The molecule has 2 rings (SSSR count). The molecule has 1 nitrogen and oxygen atoms in total. The summed E-state index contributed by atoms with van der Waals surface area (Å²) >= 11 is 0. The number of fused-ring (bicyclic) bond motifs is 1. The maximum atomic E-state index is 6.13. The van der Waals surface area contributed by atoms with E-state index in [1.807, 2.05) is 6.07 Å². The SMILES string of the molecule is CC1/C=C\C=C/Cc2c(N)cccc2C1(C)C. The summed E-state index contributed by atoms with van der Waals surface area (Å²) in [5, 5.41) is 0. The van der Waals surface area contributed by atoms with Crippen LogP contribution in [0.5, 0.6) is 0 Å². The van der Waals surface area contributed by atoms with Gasteiger partial charge in [0.1, 0.15) is 0 Å². The molecular weight excluding hydrogens is 206 g/mol. The second-order valence-corrected chi connectivity index (χ2v) is 5.40. The Balaban J connectivity index is 2.62. The van der Waals surface area contributed by atoms with Crippen molar-refractivity contribution in [2.45, 2.75) is 32.6 Å². The van der Waals surface area contributed by atoms with Crippen LogP contribution in [-0.4, -0.2) is 0 Å². The van der Waals surface area contributed by atoms with Crippen LogP contribution in [0.3, 0.4) is 0 Å². The molecule has 0 spiro atoms. The van der Waals surface area contributed by atoms with Gasteiger partial charge in [-0.3, -0.25) is 0 Å². The fourth-order valence-corrected chi connectivity index (χ4v) is 2.42. The number of allylic oxidation sites excluding steroid dienone is 4. The molecule has 1 unspecified atom stereocenters. The fraction of sp³-hybridized carbons (Fsp3) is 0.375. The summed E-state index contributed by atoms with van der Waals surface area (Å²) in [7, 11) is 0. The van der Waals surface area contributed by atoms with Crippen molar-refractivity contribution in [3.8, 4) is 0 Å². The molecule has 0 radical (unpaired) electrons. The van der Waals surface area contributed by atoms with Gasteiger partial charge in [0.2, 0.25) is 0 Å². The first-order chi connectivity index (χ1) is 8.03. The molecule has 0 aromatic heterocycles. The predicted octanol–water partition coefficient (Wildman–Crippen LogP) is 3.85. The number of nitrogen functional groups attached to an aromatic ring is 1. The Morgan fingerprint density at radius 1 is 1.24 bits per heavy atom. The number of rotatable bonds is 0. The van der Waals surface area contributed by atoms with E-state index in [1.165, 1.54) is 11.1 Å². The van der Waals surface area contributed by atoms with Crippen LogP contribution < -0.4 is 5.73 Å². The number of nitrogens with two attached hydrogens (primary N) is 1. The van der Waals surface area contributed by atoms with E-state index in [9.17, 15) is 0 Å². The molecule has 0 saturated heterocycles. The first kappa shape index (κ1) is 12.0. The molecule has 0 fully saturated rings. The Labute approximate surface area is 104 Å². The lowest BCUT2D eigenvalue weighted by Gasteiger charge is -2.32. The molecule has 90 valence electrons. The smallest absolute Gasteiger partial charge is 0.0352 e. The third kappa shape index (κ3) is 2.14. The monoisotopic (exact) mass is 227 g/mol. The van der Waals surface area contributed by atoms with Crippen LogP contribution in [0.1, 0.15) is 31.9 Å². The van der Waals surface area contributed by atoms with Crippen LogP contribution in [0, 0.1) is 5.92 Å². The summed E-state index contributed by atoms with van der Waals surface area (Å²) < 4.78 is 0. The van der Waals surface area contributed by atoms with E-state index in [2.05, 4.69) is 57.2 Å². The van der Waals surface area contributed by atoms with Gasteiger partial charge in [0.25, 0.3) is 0 Å². The summed E-state index contributed by atoms with van der Waals surface area (Å²) in [6, 6.07) is 6.28. The molecule has 0 bridgehead atoms. The zero-order chi connectivity index (χ0) is 12.5. The molecule has 17 heavy (non-hydrogen) atoms. The van der Waals surface area contributed by atoms with Crippen molar-refractivity contribution in [3.63, 3.8) is 0 Å². The van der Waals surface area contributed by atoms with Crippen LogP contribution in [0.2, 0.25) is 0 Å². The summed E-state index contributed by atoms with van der Waals surface area (Å²) in [5.41, 5.74) is 9.81. The van der Waals surface area contributed by atoms with Gasteiger partial charge in [0.05, 0.1) is 0 Å². The maximum Gasteiger partial charge on any atom is 0.0352 e. The molecule has 0 saturated carbocycles. The first-order valence-electron chi connectivity index (χ1n) is 6.24. The van der Waals surface area contributed by atoms with E-state index in [-0.39, 0.29) is 5.41 Å². The molecule has 0 amide bonds. The minimum Gasteiger partial charge on any atom is -0.398 e. The molecule has 1 atom stereocenters. The van der Waals surface area contributed by atoms with E-state index in [0.717, 1.165) is 12.1 Å². The molecule has 2 N–H and O–H groups in total. The molecule has 0 heterocycles. The topological polar surface area (TPSA) is 26.0 Å². The van der Waals surface area contributed by atoms with Crippen LogP contribution in [0.15, 0.2) is 42.5 Å². The average molecular weight is 227 g/mol. The van der Waals surface area contributed by atoms with E-state index in [4.69, 9.17) is 5.73 Å². The Hall–Kier alpha value is -1.50. The van der Waals surface area contributed by atoms with Crippen LogP contribution in [0.4, 0.5) is 5.69 Å². The second kappa shape index (κ2) is 4.40. The van der Waals surface area contributed by atoms with Gasteiger partial charge >= 0.3 is 0 Å². The van der Waals surface area contributed by atoms with Gasteiger partial charge in [0.15, 0.2) is 0 Å². The van der Waals surface area contributed by atoms with Crippen LogP contribution in [-0.2, 0) is 11.8 Å². The second-order valence-electron chi connectivity index (χ2n) is 5.40. The van der Waals surface area contributed by atoms with E-state index >= 15 is 0 Å². The lowest BCUT2D eigenvalue weighted by atomic mass is 9.72. The zero-order valence-corrected chi connectivity index (χ0v) is 10.9. The highest BCUT2D eigenvalue weighted by Crippen LogP contribution is 2.37. The number of hydrogen-bond donors (Lipinski definition) is 1. The van der Waals surface area contributed by atoms with Gasteiger partial charge in [0, 0.05) is 5.69 Å². The molecule has 1 heteroatoms. The Kier molecular flexibility index (Phi) is 3.10. The highest BCUT2D eigenvalue weighted by atomic mass is 14.6. The normalized spacial score (nSPS) is 26.2. The van der Waals surface area contributed by atoms with Gasteiger partial charge in [-0.2, -0.15) is 0 Å². The summed E-state index contributed by atoms with van der Waals surface area (Å²) in [4.78, 5) is 0. The number of anilines is 1. The van der Waals surface area contributed by atoms with Gasteiger partial charge in [-0.15, -0.1) is 0 Å². The van der Waals surface area contributed by atoms with Crippen molar-refractivity contribution in [1.82, 2.24) is 0 Å². The standard InChI is InChI=1S/C16H21N/c1-12-8-5-4-6-9-13-14(16(12,2)3)10-7-11-15(13)17/h4-8,10-12H,9,17H2,1-3H3/b6-4-,8-5-. The highest BCUT2D eigenvalue weighted by molar-refractivity contribution is 5.54. The van der Waals surface area contributed by atoms with E-state index in [0.29, 0.717) is 5.92 Å². The average Bonchev–Trinajstić information content (AvgIpc) is 2.33. The van der Waals surface area contributed by atoms with Gasteiger partial charge < -0.3 is 5.73 Å². The van der Waals surface area contributed by atoms with Crippen LogP contribution >= 0.6 is 0 Å². The van der Waals surface area contributed by atoms with Crippen molar-refractivity contribution >= 4 is 5.69 Å². The molecule has 0 aliphatic heterocycles. The minimum atomic E-state index is 0.118. The van der Waals surface area contributed by atoms with Crippen molar-refractivity contribution in [3.05, 3.63) is 53.6 Å². The third-order valence-electron chi connectivity index (χ3n) is 4.01. The van der Waals surface area contributed by atoms with Gasteiger partial charge in [-0.25, -0.2) is 0 Å². The van der Waals surface area contributed by atoms with E-state index < -0.39 is 0 Å². The lowest BCUT2D eigenvalue weighted by molar-refractivity contribution is 0.407.